The molecule has 106 valence electrons. The Balaban J connectivity index is 2.11. The molecule has 0 aliphatic carbocycles. The van der Waals surface area contributed by atoms with Gasteiger partial charge in [-0.25, -0.2) is 4.39 Å². The molecule has 0 bridgehead atoms. The Labute approximate surface area is 127 Å². The molecule has 0 aliphatic rings. The molecular weight excluding hydrogens is 291 g/mol. The topological polar surface area (TPSA) is 38.0 Å². The predicted molar refractivity (Wildman–Crippen MR) is 88.1 cm³/mol. The first-order valence-corrected chi connectivity index (χ1v) is 7.59. The van der Waals surface area contributed by atoms with Gasteiger partial charge in [0, 0.05) is 33.5 Å². The van der Waals surface area contributed by atoms with E-state index in [-0.39, 0.29) is 16.8 Å². The lowest BCUT2D eigenvalue weighted by atomic mass is 10.1. The van der Waals surface area contributed by atoms with Crippen LogP contribution in [0.2, 0.25) is 0 Å². The summed E-state index contributed by atoms with van der Waals surface area (Å²) in [5.41, 5.74) is 6.97. The molecule has 20 heavy (non-hydrogen) atoms. The van der Waals surface area contributed by atoms with Crippen LogP contribution in [0.25, 0.3) is 0 Å². The van der Waals surface area contributed by atoms with Crippen molar-refractivity contribution in [2.75, 3.05) is 5.32 Å². The zero-order valence-electron chi connectivity index (χ0n) is 11.4. The third kappa shape index (κ3) is 3.77. The maximum atomic E-state index is 13.3. The van der Waals surface area contributed by atoms with Gasteiger partial charge in [0.1, 0.15) is 10.8 Å². The molecule has 1 atom stereocenters. The fourth-order valence-electron chi connectivity index (χ4n) is 2.06. The van der Waals surface area contributed by atoms with Crippen LogP contribution in [0.15, 0.2) is 30.3 Å². The lowest BCUT2D eigenvalue weighted by molar-refractivity contribution is 0.627. The van der Waals surface area contributed by atoms with Crippen molar-refractivity contribution in [2.24, 2.45) is 5.73 Å². The number of rotatable bonds is 5. The van der Waals surface area contributed by atoms with Gasteiger partial charge in [-0.15, -0.1) is 11.3 Å². The summed E-state index contributed by atoms with van der Waals surface area (Å²) in [6.07, 6.45) is 0.909. The van der Waals surface area contributed by atoms with Crippen molar-refractivity contribution < 1.29 is 4.39 Å². The molecule has 1 unspecified atom stereocenters. The van der Waals surface area contributed by atoms with E-state index in [1.165, 1.54) is 21.9 Å². The van der Waals surface area contributed by atoms with Crippen LogP contribution in [-0.4, -0.2) is 11.0 Å². The van der Waals surface area contributed by atoms with Crippen LogP contribution in [0, 0.1) is 12.7 Å². The van der Waals surface area contributed by atoms with Crippen molar-refractivity contribution >= 4 is 34.2 Å². The number of hydrogen-bond donors (Lipinski definition) is 2. The van der Waals surface area contributed by atoms with Crippen molar-refractivity contribution in [3.63, 3.8) is 0 Å². The number of thiocarbonyl (C=S) groups is 1. The van der Waals surface area contributed by atoms with Gasteiger partial charge in [-0.2, -0.15) is 0 Å². The average molecular weight is 308 g/mol. The Kier molecular flexibility index (Phi) is 4.73. The number of anilines is 1. The van der Waals surface area contributed by atoms with E-state index < -0.39 is 0 Å². The lowest BCUT2D eigenvalue weighted by Gasteiger charge is -2.17. The molecule has 0 aliphatic heterocycles. The zero-order chi connectivity index (χ0) is 14.7. The van der Waals surface area contributed by atoms with E-state index in [0.717, 1.165) is 12.1 Å². The third-order valence-corrected chi connectivity index (χ3v) is 4.20. The number of nitrogens with one attached hydrogen (secondary N) is 1. The lowest BCUT2D eigenvalue weighted by Crippen LogP contribution is -2.21. The van der Waals surface area contributed by atoms with E-state index in [1.807, 2.05) is 0 Å². The zero-order valence-corrected chi connectivity index (χ0v) is 13.1. The maximum absolute atomic E-state index is 13.3. The van der Waals surface area contributed by atoms with Gasteiger partial charge in [0.25, 0.3) is 0 Å². The molecule has 1 heterocycles. The second-order valence-electron chi connectivity index (χ2n) is 4.82. The Morgan fingerprint density at radius 3 is 2.75 bits per heavy atom. The summed E-state index contributed by atoms with van der Waals surface area (Å²) >= 11 is 6.76. The quantitative estimate of drug-likeness (QED) is 0.823. The van der Waals surface area contributed by atoms with Gasteiger partial charge in [0.2, 0.25) is 0 Å². The molecule has 3 N–H and O–H groups in total. The van der Waals surface area contributed by atoms with Gasteiger partial charge < -0.3 is 11.1 Å². The van der Waals surface area contributed by atoms with E-state index in [9.17, 15) is 4.39 Å². The molecular formula is C15H17FN2S2. The average Bonchev–Trinajstić information content (AvgIpc) is 2.76. The molecule has 2 nitrogen and oxygen atoms in total. The van der Waals surface area contributed by atoms with E-state index >= 15 is 0 Å². The minimum absolute atomic E-state index is 0.200. The highest BCUT2D eigenvalue weighted by atomic mass is 32.1. The van der Waals surface area contributed by atoms with Crippen LogP contribution in [0.1, 0.15) is 22.2 Å². The number of nitrogens with two attached hydrogens (primary N) is 1. The van der Waals surface area contributed by atoms with Crippen LogP contribution in [0.4, 0.5) is 10.1 Å². The van der Waals surface area contributed by atoms with Crippen LogP contribution < -0.4 is 11.1 Å². The summed E-state index contributed by atoms with van der Waals surface area (Å²) < 4.78 is 13.3. The minimum atomic E-state index is -0.333. The SMILES string of the molecule is Cc1ccc(CC(C)Nc2ccc(F)cc2C(N)=S)s1. The fourth-order valence-corrected chi connectivity index (χ4v) is 3.25. The molecule has 2 rings (SSSR count). The monoisotopic (exact) mass is 308 g/mol. The molecule has 5 heteroatoms. The first-order valence-electron chi connectivity index (χ1n) is 6.37. The summed E-state index contributed by atoms with van der Waals surface area (Å²) in [4.78, 5) is 2.82. The Hall–Kier alpha value is -1.46. The Morgan fingerprint density at radius 1 is 1.40 bits per heavy atom. The van der Waals surface area contributed by atoms with Gasteiger partial charge in [-0.05, 0) is 44.2 Å². The molecule has 0 saturated carbocycles. The standard InChI is InChI=1S/C15H17FN2S2/c1-9(7-12-5-3-10(2)20-12)18-14-6-4-11(16)8-13(14)15(17)19/h3-6,8-9,18H,7H2,1-2H3,(H2,17,19). The van der Waals surface area contributed by atoms with Crippen molar-refractivity contribution in [2.45, 2.75) is 26.3 Å². The number of thiophene rings is 1. The predicted octanol–water partition coefficient (Wildman–Crippen LogP) is 3.87. The highest BCUT2D eigenvalue weighted by molar-refractivity contribution is 7.80. The van der Waals surface area contributed by atoms with E-state index in [4.69, 9.17) is 18.0 Å². The maximum Gasteiger partial charge on any atom is 0.124 e. The highest BCUT2D eigenvalue weighted by Gasteiger charge is 2.11. The first-order chi connectivity index (χ1) is 9.45. The molecule has 0 amide bonds. The molecule has 0 fully saturated rings. The van der Waals surface area contributed by atoms with Gasteiger partial charge in [0.05, 0.1) is 0 Å². The second-order valence-corrected chi connectivity index (χ2v) is 6.63. The second kappa shape index (κ2) is 6.33. The van der Waals surface area contributed by atoms with E-state index in [1.54, 1.807) is 17.4 Å². The summed E-state index contributed by atoms with van der Waals surface area (Å²) in [6.45, 7) is 4.18. The van der Waals surface area contributed by atoms with Gasteiger partial charge in [-0.3, -0.25) is 0 Å². The highest BCUT2D eigenvalue weighted by Crippen LogP contribution is 2.21. The van der Waals surface area contributed by atoms with Crippen molar-refractivity contribution in [3.05, 3.63) is 51.5 Å². The summed E-state index contributed by atoms with van der Waals surface area (Å²) in [6, 6.07) is 8.92. The number of benzene rings is 1. The molecule has 0 radical (unpaired) electrons. The number of halogens is 1. The largest absolute Gasteiger partial charge is 0.389 e. The molecule has 0 saturated heterocycles. The smallest absolute Gasteiger partial charge is 0.124 e. The Bertz CT molecular complexity index is 622. The van der Waals surface area contributed by atoms with Crippen LogP contribution >= 0.6 is 23.6 Å². The minimum Gasteiger partial charge on any atom is -0.389 e. The normalized spacial score (nSPS) is 12.2. The van der Waals surface area contributed by atoms with E-state index in [2.05, 4.69) is 31.3 Å². The molecule has 1 aromatic heterocycles. The van der Waals surface area contributed by atoms with Crippen molar-refractivity contribution in [1.29, 1.82) is 0 Å². The van der Waals surface area contributed by atoms with Crippen LogP contribution in [0.3, 0.4) is 0 Å². The van der Waals surface area contributed by atoms with Crippen molar-refractivity contribution in [3.8, 4) is 0 Å². The van der Waals surface area contributed by atoms with Gasteiger partial charge in [0.15, 0.2) is 0 Å². The Morgan fingerprint density at radius 2 is 2.15 bits per heavy atom. The summed E-state index contributed by atoms with van der Waals surface area (Å²) in [7, 11) is 0. The third-order valence-electron chi connectivity index (χ3n) is 2.95. The molecule has 0 spiro atoms. The van der Waals surface area contributed by atoms with Crippen molar-refractivity contribution in [1.82, 2.24) is 0 Å². The fraction of sp³-hybridized carbons (Fsp3) is 0.267. The molecule has 2 aromatic rings. The first kappa shape index (κ1) is 14.9. The summed E-state index contributed by atoms with van der Waals surface area (Å²) in [5.74, 6) is -0.333. The van der Waals surface area contributed by atoms with Crippen LogP contribution in [-0.2, 0) is 6.42 Å². The van der Waals surface area contributed by atoms with Gasteiger partial charge in [-0.1, -0.05) is 12.2 Å². The van der Waals surface area contributed by atoms with E-state index in [0.29, 0.717) is 5.56 Å². The summed E-state index contributed by atoms with van der Waals surface area (Å²) in [5, 5.41) is 3.35. The number of hydrogen-bond acceptors (Lipinski definition) is 3. The number of aryl methyl sites for hydroxylation is 1. The van der Waals surface area contributed by atoms with Crippen LogP contribution in [0.5, 0.6) is 0 Å². The van der Waals surface area contributed by atoms with Gasteiger partial charge >= 0.3 is 0 Å². The molecule has 1 aromatic carbocycles.